The second-order valence-corrected chi connectivity index (χ2v) is 4.87. The highest BCUT2D eigenvalue weighted by Gasteiger charge is 2.21. The molecule has 1 atom stereocenters. The summed E-state index contributed by atoms with van der Waals surface area (Å²) in [6.45, 7) is 1.73. The number of methoxy groups -OCH3 is 1. The number of amides is 1. The first-order valence-corrected chi connectivity index (χ1v) is 6.47. The fourth-order valence-electron chi connectivity index (χ4n) is 2.38. The minimum Gasteiger partial charge on any atom is -0.504 e. The molecule has 0 bridgehead atoms. The van der Waals surface area contributed by atoms with Crippen molar-refractivity contribution in [2.45, 2.75) is 18.9 Å². The summed E-state index contributed by atoms with van der Waals surface area (Å²) in [5.74, 6) is 0.179. The highest BCUT2D eigenvalue weighted by atomic mass is 16.5. The molecule has 2 rings (SSSR count). The van der Waals surface area contributed by atoms with Gasteiger partial charge in [0.2, 0.25) is 0 Å². The van der Waals surface area contributed by atoms with Crippen molar-refractivity contribution in [2.75, 3.05) is 27.2 Å². The predicted molar refractivity (Wildman–Crippen MR) is 72.6 cm³/mol. The van der Waals surface area contributed by atoms with Crippen LogP contribution in [0.15, 0.2) is 18.2 Å². The molecule has 2 N–H and O–H groups in total. The van der Waals surface area contributed by atoms with Crippen LogP contribution in [0.1, 0.15) is 23.2 Å². The van der Waals surface area contributed by atoms with Crippen LogP contribution in [-0.2, 0) is 0 Å². The second-order valence-electron chi connectivity index (χ2n) is 4.87. The summed E-state index contributed by atoms with van der Waals surface area (Å²) in [7, 11) is 3.55. The number of carbonyl (C=O) groups is 1. The number of hydrogen-bond donors (Lipinski definition) is 2. The van der Waals surface area contributed by atoms with E-state index in [0.29, 0.717) is 23.9 Å². The van der Waals surface area contributed by atoms with Crippen molar-refractivity contribution in [3.63, 3.8) is 0 Å². The van der Waals surface area contributed by atoms with E-state index >= 15 is 0 Å². The minimum atomic E-state index is -0.168. The quantitative estimate of drug-likeness (QED) is 0.858. The van der Waals surface area contributed by atoms with Crippen LogP contribution in [0.5, 0.6) is 11.5 Å². The Morgan fingerprint density at radius 2 is 2.37 bits per heavy atom. The molecular weight excluding hydrogens is 244 g/mol. The van der Waals surface area contributed by atoms with Crippen molar-refractivity contribution in [1.82, 2.24) is 10.2 Å². The molecule has 1 heterocycles. The van der Waals surface area contributed by atoms with Gasteiger partial charge in [0.05, 0.1) is 7.11 Å². The maximum absolute atomic E-state index is 12.0. The zero-order chi connectivity index (χ0) is 13.8. The van der Waals surface area contributed by atoms with Crippen molar-refractivity contribution in [2.24, 2.45) is 0 Å². The van der Waals surface area contributed by atoms with Gasteiger partial charge in [-0.25, -0.2) is 0 Å². The molecule has 1 aromatic rings. The average Bonchev–Trinajstić information content (AvgIpc) is 2.81. The third-order valence-electron chi connectivity index (χ3n) is 3.61. The van der Waals surface area contributed by atoms with Crippen molar-refractivity contribution in [3.05, 3.63) is 23.8 Å². The summed E-state index contributed by atoms with van der Waals surface area (Å²) < 4.78 is 4.95. The van der Waals surface area contributed by atoms with Gasteiger partial charge in [-0.3, -0.25) is 4.79 Å². The summed E-state index contributed by atoms with van der Waals surface area (Å²) in [6, 6.07) is 5.07. The molecule has 1 aromatic carbocycles. The lowest BCUT2D eigenvalue weighted by Crippen LogP contribution is -2.38. The monoisotopic (exact) mass is 264 g/mol. The van der Waals surface area contributed by atoms with Gasteiger partial charge in [-0.1, -0.05) is 0 Å². The first-order valence-electron chi connectivity index (χ1n) is 6.47. The van der Waals surface area contributed by atoms with E-state index in [0.717, 1.165) is 13.0 Å². The van der Waals surface area contributed by atoms with Gasteiger partial charge in [-0.15, -0.1) is 0 Å². The molecule has 19 heavy (non-hydrogen) atoms. The van der Waals surface area contributed by atoms with Crippen LogP contribution < -0.4 is 10.1 Å². The number of likely N-dealkylation sites (tertiary alicyclic amines) is 1. The third-order valence-corrected chi connectivity index (χ3v) is 3.61. The molecule has 0 radical (unpaired) electrons. The molecular formula is C14H20N2O3. The molecule has 1 aliphatic rings. The normalized spacial score (nSPS) is 19.4. The molecule has 5 heteroatoms. The van der Waals surface area contributed by atoms with Crippen molar-refractivity contribution in [1.29, 1.82) is 0 Å². The summed E-state index contributed by atoms with van der Waals surface area (Å²) in [4.78, 5) is 14.2. The van der Waals surface area contributed by atoms with Gasteiger partial charge in [-0.05, 0) is 44.6 Å². The van der Waals surface area contributed by atoms with Crippen LogP contribution >= 0.6 is 0 Å². The number of hydrogen-bond acceptors (Lipinski definition) is 4. The van der Waals surface area contributed by atoms with Gasteiger partial charge in [0.15, 0.2) is 11.5 Å². The van der Waals surface area contributed by atoms with Crippen LogP contribution in [0.4, 0.5) is 0 Å². The Bertz CT molecular complexity index is 462. The molecule has 5 nitrogen and oxygen atoms in total. The Labute approximate surface area is 113 Å². The zero-order valence-corrected chi connectivity index (χ0v) is 11.3. The van der Waals surface area contributed by atoms with Crippen molar-refractivity contribution in [3.8, 4) is 11.5 Å². The average molecular weight is 264 g/mol. The van der Waals surface area contributed by atoms with Gasteiger partial charge in [0.1, 0.15) is 0 Å². The molecule has 1 fully saturated rings. The maximum Gasteiger partial charge on any atom is 0.251 e. The van der Waals surface area contributed by atoms with E-state index in [9.17, 15) is 9.90 Å². The Kier molecular flexibility index (Phi) is 4.27. The number of nitrogens with zero attached hydrogens (tertiary/aromatic N) is 1. The molecule has 0 aromatic heterocycles. The number of likely N-dealkylation sites (N-methyl/N-ethyl adjacent to an activating group) is 1. The van der Waals surface area contributed by atoms with Gasteiger partial charge in [-0.2, -0.15) is 0 Å². The standard InChI is InChI=1S/C14H20N2O3/c1-16-7-3-4-11(16)9-15-14(18)10-5-6-13(19-2)12(17)8-10/h5-6,8,11,17H,3-4,7,9H2,1-2H3,(H,15,18). The summed E-state index contributed by atoms with van der Waals surface area (Å²) in [6.07, 6.45) is 2.30. The number of ether oxygens (including phenoxy) is 1. The van der Waals surface area contributed by atoms with Gasteiger partial charge in [0, 0.05) is 18.2 Å². The highest BCUT2D eigenvalue weighted by Crippen LogP contribution is 2.26. The molecule has 1 aliphatic heterocycles. The number of aromatic hydroxyl groups is 1. The number of phenolic OH excluding ortho intramolecular Hbond substituents is 1. The lowest BCUT2D eigenvalue weighted by atomic mass is 10.1. The SMILES string of the molecule is COc1ccc(C(=O)NCC2CCCN2C)cc1O. The maximum atomic E-state index is 12.0. The zero-order valence-electron chi connectivity index (χ0n) is 11.3. The Hall–Kier alpha value is -1.75. The lowest BCUT2D eigenvalue weighted by molar-refractivity contribution is 0.0943. The van der Waals surface area contributed by atoms with E-state index in [4.69, 9.17) is 4.74 Å². The first kappa shape index (κ1) is 13.7. The Morgan fingerprint density at radius 1 is 1.58 bits per heavy atom. The fourth-order valence-corrected chi connectivity index (χ4v) is 2.38. The number of nitrogens with one attached hydrogen (secondary N) is 1. The fraction of sp³-hybridized carbons (Fsp3) is 0.500. The predicted octanol–water partition coefficient (Wildman–Crippen LogP) is 1.22. The Morgan fingerprint density at radius 3 is 2.95 bits per heavy atom. The van der Waals surface area contributed by atoms with E-state index < -0.39 is 0 Å². The number of rotatable bonds is 4. The van der Waals surface area contributed by atoms with E-state index in [1.807, 2.05) is 0 Å². The van der Waals surface area contributed by atoms with Crippen LogP contribution in [0, 0.1) is 0 Å². The third kappa shape index (κ3) is 3.17. The van der Waals surface area contributed by atoms with Gasteiger partial charge >= 0.3 is 0 Å². The first-order chi connectivity index (χ1) is 9.11. The number of phenols is 1. The van der Waals surface area contributed by atoms with E-state index in [2.05, 4.69) is 17.3 Å². The summed E-state index contributed by atoms with van der Waals surface area (Å²) in [5.41, 5.74) is 0.443. The van der Waals surface area contributed by atoms with Gasteiger partial charge < -0.3 is 20.1 Å². The van der Waals surface area contributed by atoms with Gasteiger partial charge in [0.25, 0.3) is 5.91 Å². The minimum absolute atomic E-state index is 0.0202. The van der Waals surface area contributed by atoms with Crippen LogP contribution in [0.2, 0.25) is 0 Å². The molecule has 1 amide bonds. The van der Waals surface area contributed by atoms with Crippen LogP contribution in [-0.4, -0.2) is 49.2 Å². The number of benzene rings is 1. The molecule has 1 saturated heterocycles. The lowest BCUT2D eigenvalue weighted by Gasteiger charge is -2.19. The van der Waals surface area contributed by atoms with Crippen LogP contribution in [0.3, 0.4) is 0 Å². The molecule has 0 aliphatic carbocycles. The smallest absolute Gasteiger partial charge is 0.251 e. The molecule has 0 saturated carbocycles. The van der Waals surface area contributed by atoms with E-state index in [1.54, 1.807) is 12.1 Å². The van der Waals surface area contributed by atoms with E-state index in [1.165, 1.54) is 19.6 Å². The largest absolute Gasteiger partial charge is 0.504 e. The topological polar surface area (TPSA) is 61.8 Å². The molecule has 1 unspecified atom stereocenters. The summed E-state index contributed by atoms with van der Waals surface area (Å²) in [5, 5.41) is 12.6. The summed E-state index contributed by atoms with van der Waals surface area (Å²) >= 11 is 0. The molecule has 0 spiro atoms. The van der Waals surface area contributed by atoms with Crippen LogP contribution in [0.25, 0.3) is 0 Å². The van der Waals surface area contributed by atoms with Crippen molar-refractivity contribution < 1.29 is 14.6 Å². The van der Waals surface area contributed by atoms with E-state index in [-0.39, 0.29) is 11.7 Å². The molecule has 104 valence electrons. The van der Waals surface area contributed by atoms with Crippen molar-refractivity contribution >= 4 is 5.91 Å². The Balaban J connectivity index is 1.94. The number of carbonyl (C=O) groups excluding carboxylic acids is 1. The second kappa shape index (κ2) is 5.93. The highest BCUT2D eigenvalue weighted by molar-refractivity contribution is 5.94.